The maximum absolute atomic E-state index is 5.99. The van der Waals surface area contributed by atoms with E-state index in [1.54, 1.807) is 0 Å². The topological polar surface area (TPSA) is 41.3 Å². The Morgan fingerprint density at radius 3 is 2.59 bits per heavy atom. The van der Waals surface area contributed by atoms with Crippen LogP contribution in [-0.4, -0.2) is 17.1 Å². The molecule has 1 aromatic carbocycles. The molecule has 0 bridgehead atoms. The molecule has 3 nitrogen and oxygen atoms in total. The average molecular weight is 298 g/mol. The lowest BCUT2D eigenvalue weighted by molar-refractivity contribution is 0.136. The number of rotatable bonds is 2. The van der Waals surface area contributed by atoms with Crippen LogP contribution in [0.1, 0.15) is 33.1 Å². The second-order valence-corrected chi connectivity index (χ2v) is 5.80. The normalized spacial score (nSPS) is 25.8. The van der Waals surface area contributed by atoms with Crippen molar-refractivity contribution in [2.75, 3.05) is 11.2 Å². The summed E-state index contributed by atoms with van der Waals surface area (Å²) in [6.45, 7) is 4.52. The van der Waals surface area contributed by atoms with E-state index >= 15 is 0 Å². The molecule has 1 heterocycles. The molecule has 1 aliphatic rings. The molecule has 2 unspecified atom stereocenters. The van der Waals surface area contributed by atoms with E-state index in [-0.39, 0.29) is 0 Å². The molecule has 1 aromatic rings. The van der Waals surface area contributed by atoms with Crippen molar-refractivity contribution in [3.63, 3.8) is 0 Å². The second kappa shape index (κ2) is 5.27. The molecule has 2 atom stereocenters. The van der Waals surface area contributed by atoms with Gasteiger partial charge in [0.25, 0.3) is 0 Å². The molecule has 1 fully saturated rings. The number of piperidine rings is 1. The van der Waals surface area contributed by atoms with Crippen LogP contribution < -0.4 is 11.2 Å². The van der Waals surface area contributed by atoms with Gasteiger partial charge in [-0.1, -0.05) is 22.4 Å². The van der Waals surface area contributed by atoms with Gasteiger partial charge in [0, 0.05) is 16.6 Å². The van der Waals surface area contributed by atoms with E-state index in [0.717, 1.165) is 15.8 Å². The monoisotopic (exact) mass is 297 g/mol. The zero-order chi connectivity index (χ0) is 12.4. The van der Waals surface area contributed by atoms with Crippen molar-refractivity contribution >= 4 is 27.3 Å². The molecule has 0 saturated carbocycles. The predicted molar refractivity (Wildman–Crippen MR) is 76.8 cm³/mol. The highest BCUT2D eigenvalue weighted by molar-refractivity contribution is 9.10. The Labute approximate surface area is 111 Å². The minimum atomic E-state index is 0.553. The van der Waals surface area contributed by atoms with Crippen LogP contribution in [0.5, 0.6) is 0 Å². The van der Waals surface area contributed by atoms with Gasteiger partial charge in [0.2, 0.25) is 0 Å². The Bertz CT molecular complexity index is 384. The Kier molecular flexibility index (Phi) is 3.94. The molecule has 0 radical (unpaired) electrons. The zero-order valence-corrected chi connectivity index (χ0v) is 12.0. The first kappa shape index (κ1) is 12.7. The van der Waals surface area contributed by atoms with E-state index in [4.69, 9.17) is 5.73 Å². The summed E-state index contributed by atoms with van der Waals surface area (Å²) >= 11 is 3.48. The Morgan fingerprint density at radius 1 is 1.29 bits per heavy atom. The van der Waals surface area contributed by atoms with Crippen molar-refractivity contribution in [1.82, 2.24) is 5.01 Å². The lowest BCUT2D eigenvalue weighted by Crippen LogP contribution is -2.47. The lowest BCUT2D eigenvalue weighted by atomic mass is 10.00. The molecule has 94 valence electrons. The second-order valence-electron chi connectivity index (χ2n) is 4.88. The fraction of sp³-hybridized carbons (Fsp3) is 0.538. The van der Waals surface area contributed by atoms with Gasteiger partial charge in [-0.2, -0.15) is 0 Å². The van der Waals surface area contributed by atoms with Crippen LogP contribution >= 0.6 is 15.9 Å². The Morgan fingerprint density at radius 2 is 1.94 bits per heavy atom. The van der Waals surface area contributed by atoms with Gasteiger partial charge in [0.1, 0.15) is 0 Å². The van der Waals surface area contributed by atoms with Crippen LogP contribution in [0.25, 0.3) is 0 Å². The number of nitrogens with one attached hydrogen (secondary N) is 1. The number of hydrazine groups is 1. The van der Waals surface area contributed by atoms with Gasteiger partial charge in [-0.05, 0) is 44.9 Å². The van der Waals surface area contributed by atoms with Gasteiger partial charge in [-0.15, -0.1) is 0 Å². The number of anilines is 2. The molecule has 1 saturated heterocycles. The van der Waals surface area contributed by atoms with Crippen molar-refractivity contribution in [1.29, 1.82) is 0 Å². The van der Waals surface area contributed by atoms with Gasteiger partial charge in [0.05, 0.1) is 11.4 Å². The molecule has 0 spiro atoms. The highest BCUT2D eigenvalue weighted by Gasteiger charge is 2.24. The van der Waals surface area contributed by atoms with Crippen LogP contribution in [0, 0.1) is 0 Å². The summed E-state index contributed by atoms with van der Waals surface area (Å²) < 4.78 is 1.05. The van der Waals surface area contributed by atoms with Gasteiger partial charge in [-0.25, -0.2) is 5.01 Å². The number of nitrogens with zero attached hydrogens (tertiary/aromatic N) is 1. The fourth-order valence-electron chi connectivity index (χ4n) is 2.41. The third kappa shape index (κ3) is 2.93. The predicted octanol–water partition coefficient (Wildman–Crippen LogP) is 3.62. The van der Waals surface area contributed by atoms with Gasteiger partial charge < -0.3 is 11.2 Å². The number of nitrogens with two attached hydrogens (primary N) is 1. The third-order valence-electron chi connectivity index (χ3n) is 3.46. The van der Waals surface area contributed by atoms with Crippen LogP contribution in [-0.2, 0) is 0 Å². The summed E-state index contributed by atoms with van der Waals surface area (Å²) in [5.74, 6) is 0. The number of halogens is 1. The first-order chi connectivity index (χ1) is 8.08. The van der Waals surface area contributed by atoms with Crippen molar-refractivity contribution < 1.29 is 0 Å². The van der Waals surface area contributed by atoms with Crippen LogP contribution in [0.3, 0.4) is 0 Å². The fourth-order valence-corrected chi connectivity index (χ4v) is 2.77. The molecular weight excluding hydrogens is 278 g/mol. The third-order valence-corrected chi connectivity index (χ3v) is 3.95. The zero-order valence-electron chi connectivity index (χ0n) is 10.4. The molecule has 0 amide bonds. The van der Waals surface area contributed by atoms with Crippen LogP contribution in [0.2, 0.25) is 0 Å². The summed E-state index contributed by atoms with van der Waals surface area (Å²) in [7, 11) is 0. The quantitative estimate of drug-likeness (QED) is 0.819. The summed E-state index contributed by atoms with van der Waals surface area (Å²) in [6.07, 6.45) is 3.80. The highest BCUT2D eigenvalue weighted by atomic mass is 79.9. The molecule has 2 rings (SSSR count). The number of hydrogen-bond donors (Lipinski definition) is 2. The first-order valence-corrected chi connectivity index (χ1v) is 6.97. The summed E-state index contributed by atoms with van der Waals surface area (Å²) in [5.41, 5.74) is 11.2. The SMILES string of the molecule is CC1CCCC(C)N1Nc1cc(Br)ccc1N. The van der Waals surface area contributed by atoms with E-state index in [1.807, 2.05) is 18.2 Å². The smallest absolute Gasteiger partial charge is 0.0731 e. The van der Waals surface area contributed by atoms with Crippen molar-refractivity contribution in [2.45, 2.75) is 45.2 Å². The molecule has 17 heavy (non-hydrogen) atoms. The minimum Gasteiger partial charge on any atom is -0.397 e. The van der Waals surface area contributed by atoms with E-state index in [9.17, 15) is 0 Å². The molecule has 4 heteroatoms. The highest BCUT2D eigenvalue weighted by Crippen LogP contribution is 2.28. The lowest BCUT2D eigenvalue weighted by Gasteiger charge is -2.39. The minimum absolute atomic E-state index is 0.553. The first-order valence-electron chi connectivity index (χ1n) is 6.18. The van der Waals surface area contributed by atoms with Crippen molar-refractivity contribution in [3.8, 4) is 0 Å². The molecular formula is C13H20BrN3. The van der Waals surface area contributed by atoms with E-state index in [2.05, 4.69) is 40.2 Å². The van der Waals surface area contributed by atoms with Gasteiger partial charge in [-0.3, -0.25) is 0 Å². The van der Waals surface area contributed by atoms with Crippen LogP contribution in [0.15, 0.2) is 22.7 Å². The summed E-state index contributed by atoms with van der Waals surface area (Å²) in [5, 5.41) is 2.32. The average Bonchev–Trinajstić information content (AvgIpc) is 2.28. The standard InChI is InChI=1S/C13H20BrN3/c1-9-4-3-5-10(2)17(9)16-13-8-11(14)6-7-12(13)15/h6-10,16H,3-5,15H2,1-2H3. The van der Waals surface area contributed by atoms with Crippen LogP contribution in [0.4, 0.5) is 11.4 Å². The Balaban J connectivity index is 2.16. The molecule has 1 aliphatic heterocycles. The van der Waals surface area contributed by atoms with E-state index in [0.29, 0.717) is 12.1 Å². The van der Waals surface area contributed by atoms with Gasteiger partial charge in [0.15, 0.2) is 0 Å². The maximum atomic E-state index is 5.99. The number of nitrogen functional groups attached to an aromatic ring is 1. The largest absolute Gasteiger partial charge is 0.397 e. The number of benzene rings is 1. The summed E-state index contributed by atoms with van der Waals surface area (Å²) in [6, 6.07) is 7.02. The molecule has 0 aliphatic carbocycles. The van der Waals surface area contributed by atoms with E-state index < -0.39 is 0 Å². The summed E-state index contributed by atoms with van der Waals surface area (Å²) in [4.78, 5) is 0. The van der Waals surface area contributed by atoms with Crippen molar-refractivity contribution in [2.24, 2.45) is 0 Å². The van der Waals surface area contributed by atoms with E-state index in [1.165, 1.54) is 19.3 Å². The molecule has 3 N–H and O–H groups in total. The number of hydrogen-bond acceptors (Lipinski definition) is 3. The van der Waals surface area contributed by atoms with Gasteiger partial charge >= 0.3 is 0 Å². The Hall–Kier alpha value is -0.740. The molecule has 0 aromatic heterocycles. The maximum Gasteiger partial charge on any atom is 0.0731 e. The van der Waals surface area contributed by atoms with Crippen molar-refractivity contribution in [3.05, 3.63) is 22.7 Å².